The normalized spacial score (nSPS) is 23.1. The van der Waals surface area contributed by atoms with E-state index >= 15 is 0 Å². The topological polar surface area (TPSA) is 137 Å². The van der Waals surface area contributed by atoms with Crippen LogP contribution in [0.25, 0.3) is 10.8 Å². The Balaban J connectivity index is 1.41. The number of piperidine rings is 1. The first-order valence-electron chi connectivity index (χ1n) is 12.5. The molecule has 2 fully saturated rings. The SMILES string of the molecule is CC(C)C(Nc1cncnc1)C(=O)N1C[C@H]2[C@@H]([C@H]1C(=O)NC(C#N)c1nncc3ccccc13)C2(C)C. The van der Waals surface area contributed by atoms with Crippen molar-refractivity contribution in [3.8, 4) is 6.07 Å². The predicted molar refractivity (Wildman–Crippen MR) is 137 cm³/mol. The Morgan fingerprint density at radius 3 is 2.59 bits per heavy atom. The van der Waals surface area contributed by atoms with Crippen LogP contribution in [0.2, 0.25) is 0 Å². The number of nitrogens with one attached hydrogen (secondary N) is 2. The van der Waals surface area contributed by atoms with Gasteiger partial charge in [0.1, 0.15) is 24.1 Å². The van der Waals surface area contributed by atoms with Crippen molar-refractivity contribution in [2.24, 2.45) is 23.2 Å². The van der Waals surface area contributed by atoms with Crippen LogP contribution in [-0.2, 0) is 9.59 Å². The van der Waals surface area contributed by atoms with E-state index in [0.29, 0.717) is 17.9 Å². The maximum absolute atomic E-state index is 13.8. The molecule has 1 aliphatic heterocycles. The van der Waals surface area contributed by atoms with E-state index in [1.807, 2.05) is 38.1 Å². The lowest BCUT2D eigenvalue weighted by Gasteiger charge is -2.34. The van der Waals surface area contributed by atoms with Gasteiger partial charge in [0.2, 0.25) is 11.8 Å². The summed E-state index contributed by atoms with van der Waals surface area (Å²) in [4.78, 5) is 37.3. The highest BCUT2D eigenvalue weighted by molar-refractivity contribution is 5.93. The van der Waals surface area contributed by atoms with Gasteiger partial charge in [-0.2, -0.15) is 15.5 Å². The van der Waals surface area contributed by atoms with Gasteiger partial charge in [0.15, 0.2) is 6.04 Å². The zero-order chi connectivity index (χ0) is 26.3. The molecule has 1 aliphatic carbocycles. The summed E-state index contributed by atoms with van der Waals surface area (Å²) in [5, 5.41) is 25.9. The first kappa shape index (κ1) is 24.6. The average Bonchev–Trinajstić information content (AvgIpc) is 3.22. The van der Waals surface area contributed by atoms with Crippen LogP contribution in [0.3, 0.4) is 0 Å². The van der Waals surface area contributed by atoms with E-state index < -0.39 is 18.1 Å². The molecule has 2 unspecified atom stereocenters. The Kier molecular flexibility index (Phi) is 6.23. The second-order valence-electron chi connectivity index (χ2n) is 10.8. The molecule has 37 heavy (non-hydrogen) atoms. The highest BCUT2D eigenvalue weighted by Crippen LogP contribution is 2.65. The Labute approximate surface area is 215 Å². The van der Waals surface area contributed by atoms with Gasteiger partial charge in [0.25, 0.3) is 0 Å². The summed E-state index contributed by atoms with van der Waals surface area (Å²) < 4.78 is 0. The van der Waals surface area contributed by atoms with Crippen LogP contribution in [0.4, 0.5) is 5.69 Å². The summed E-state index contributed by atoms with van der Waals surface area (Å²) in [6.07, 6.45) is 6.29. The summed E-state index contributed by atoms with van der Waals surface area (Å²) in [6.45, 7) is 8.67. The fraction of sp³-hybridized carbons (Fsp3) is 0.444. The Morgan fingerprint density at radius 1 is 1.16 bits per heavy atom. The van der Waals surface area contributed by atoms with E-state index in [4.69, 9.17) is 0 Å². The lowest BCUT2D eigenvalue weighted by atomic mass is 9.97. The summed E-state index contributed by atoms with van der Waals surface area (Å²) in [7, 11) is 0. The van der Waals surface area contributed by atoms with Crippen molar-refractivity contribution in [2.75, 3.05) is 11.9 Å². The van der Waals surface area contributed by atoms with Crippen LogP contribution in [0.15, 0.2) is 49.2 Å². The van der Waals surface area contributed by atoms with Gasteiger partial charge in [0, 0.05) is 17.3 Å². The van der Waals surface area contributed by atoms with Gasteiger partial charge < -0.3 is 15.5 Å². The quantitative estimate of drug-likeness (QED) is 0.507. The molecule has 0 bridgehead atoms. The molecule has 1 saturated carbocycles. The van der Waals surface area contributed by atoms with Gasteiger partial charge >= 0.3 is 0 Å². The smallest absolute Gasteiger partial charge is 0.246 e. The number of benzene rings is 1. The van der Waals surface area contributed by atoms with Crippen LogP contribution in [0.5, 0.6) is 0 Å². The number of aromatic nitrogens is 4. The number of carbonyl (C=O) groups is 2. The first-order chi connectivity index (χ1) is 17.7. The number of anilines is 1. The first-order valence-corrected chi connectivity index (χ1v) is 12.5. The average molecular weight is 499 g/mol. The van der Waals surface area contributed by atoms with Crippen molar-refractivity contribution in [1.82, 2.24) is 30.4 Å². The second kappa shape index (κ2) is 9.39. The molecule has 5 atom stereocenters. The number of carbonyl (C=O) groups excluding carboxylic acids is 2. The highest BCUT2D eigenvalue weighted by atomic mass is 16.2. The van der Waals surface area contributed by atoms with Gasteiger partial charge in [-0.25, -0.2) is 9.97 Å². The number of amides is 2. The number of hydrogen-bond donors (Lipinski definition) is 2. The molecule has 2 aromatic heterocycles. The molecule has 2 N–H and O–H groups in total. The molecule has 2 aliphatic rings. The van der Waals surface area contributed by atoms with E-state index in [0.717, 1.165) is 10.8 Å². The molecule has 190 valence electrons. The minimum Gasteiger partial charge on any atom is -0.371 e. The monoisotopic (exact) mass is 498 g/mol. The molecule has 10 heteroatoms. The maximum atomic E-state index is 13.8. The standard InChI is InChI=1S/C27H30N8O2/c1-15(2)22(32-17-11-29-14-30-12-17)26(37)35-13-19-21(27(19,3)4)24(35)25(36)33-20(9-28)23-18-8-6-5-7-16(18)10-31-34-23/h5-8,10-12,14-15,19-22,24,32H,13H2,1-4H3,(H,33,36)/t19-,20?,21-,22?,24-/m0/s1. The molecule has 1 saturated heterocycles. The summed E-state index contributed by atoms with van der Waals surface area (Å²) in [6, 6.07) is 7.41. The molecule has 10 nitrogen and oxygen atoms in total. The van der Waals surface area contributed by atoms with E-state index in [1.54, 1.807) is 23.5 Å². The summed E-state index contributed by atoms with van der Waals surface area (Å²) in [5.74, 6) is -0.307. The van der Waals surface area contributed by atoms with Crippen molar-refractivity contribution in [1.29, 1.82) is 5.26 Å². The van der Waals surface area contributed by atoms with Crippen LogP contribution < -0.4 is 10.6 Å². The number of nitriles is 1. The van der Waals surface area contributed by atoms with Gasteiger partial charge in [-0.1, -0.05) is 52.0 Å². The molecule has 0 spiro atoms. The second-order valence-corrected chi connectivity index (χ2v) is 10.8. The third-order valence-corrected chi connectivity index (χ3v) is 7.86. The molecular formula is C27H30N8O2. The minimum atomic E-state index is -0.996. The van der Waals surface area contributed by atoms with Crippen molar-refractivity contribution >= 4 is 28.3 Å². The van der Waals surface area contributed by atoms with Crippen LogP contribution in [0.1, 0.15) is 39.4 Å². The van der Waals surface area contributed by atoms with Gasteiger partial charge in [0.05, 0.1) is 30.3 Å². The number of rotatable bonds is 7. The fourth-order valence-corrected chi connectivity index (χ4v) is 5.71. The predicted octanol–water partition coefficient (Wildman–Crippen LogP) is 2.72. The van der Waals surface area contributed by atoms with Crippen molar-refractivity contribution in [3.05, 3.63) is 54.9 Å². The molecule has 2 amide bonds. The molecule has 1 aromatic carbocycles. The number of hydrogen-bond acceptors (Lipinski definition) is 8. The third-order valence-electron chi connectivity index (χ3n) is 7.86. The van der Waals surface area contributed by atoms with Crippen molar-refractivity contribution < 1.29 is 9.59 Å². The number of fused-ring (bicyclic) bond motifs is 2. The van der Waals surface area contributed by atoms with Crippen LogP contribution >= 0.6 is 0 Å². The maximum Gasteiger partial charge on any atom is 0.246 e. The molecular weight excluding hydrogens is 468 g/mol. The lowest BCUT2D eigenvalue weighted by molar-refractivity contribution is -0.141. The third kappa shape index (κ3) is 4.35. The summed E-state index contributed by atoms with van der Waals surface area (Å²) in [5.41, 5.74) is 0.968. The largest absolute Gasteiger partial charge is 0.371 e. The van der Waals surface area contributed by atoms with Crippen molar-refractivity contribution in [3.63, 3.8) is 0 Å². The fourth-order valence-electron chi connectivity index (χ4n) is 5.71. The molecule has 3 heterocycles. The zero-order valence-corrected chi connectivity index (χ0v) is 21.3. The van der Waals surface area contributed by atoms with Crippen molar-refractivity contribution in [2.45, 2.75) is 45.8 Å². The highest BCUT2D eigenvalue weighted by Gasteiger charge is 2.69. The Bertz CT molecular complexity index is 1360. The Hall–Kier alpha value is -4.13. The van der Waals surface area contributed by atoms with E-state index in [1.165, 1.54) is 6.33 Å². The minimum absolute atomic E-state index is 0.0160. The number of likely N-dealkylation sites (tertiary alicyclic amines) is 1. The van der Waals surface area contributed by atoms with Gasteiger partial charge in [-0.05, 0) is 23.2 Å². The van der Waals surface area contributed by atoms with Crippen LogP contribution in [-0.4, -0.2) is 55.5 Å². The molecule has 3 aromatic rings. The van der Waals surface area contributed by atoms with E-state index in [9.17, 15) is 14.9 Å². The zero-order valence-electron chi connectivity index (χ0n) is 21.3. The van der Waals surface area contributed by atoms with Gasteiger partial charge in [-0.15, -0.1) is 0 Å². The number of nitrogens with zero attached hydrogens (tertiary/aromatic N) is 6. The Morgan fingerprint density at radius 2 is 1.89 bits per heavy atom. The molecule has 0 radical (unpaired) electrons. The van der Waals surface area contributed by atoms with Crippen LogP contribution in [0, 0.1) is 34.5 Å². The van der Waals surface area contributed by atoms with E-state index in [-0.39, 0.29) is 35.0 Å². The summed E-state index contributed by atoms with van der Waals surface area (Å²) >= 11 is 0. The lowest BCUT2D eigenvalue weighted by Crippen LogP contribution is -2.55. The molecule has 5 rings (SSSR count). The van der Waals surface area contributed by atoms with Gasteiger partial charge in [-0.3, -0.25) is 9.59 Å². The van der Waals surface area contributed by atoms with E-state index in [2.05, 4.69) is 50.7 Å².